The molecule has 1 amide bonds. The molecule has 5 heteroatoms. The minimum absolute atomic E-state index is 0.0893. The van der Waals surface area contributed by atoms with Crippen LogP contribution in [0.1, 0.15) is 107 Å². The van der Waals surface area contributed by atoms with Crippen molar-refractivity contribution in [1.29, 1.82) is 0 Å². The highest BCUT2D eigenvalue weighted by Crippen LogP contribution is 2.65. The van der Waals surface area contributed by atoms with Crippen molar-refractivity contribution in [3.63, 3.8) is 0 Å². The summed E-state index contributed by atoms with van der Waals surface area (Å²) < 4.78 is 19.2. The van der Waals surface area contributed by atoms with E-state index in [-0.39, 0.29) is 29.8 Å². The lowest BCUT2D eigenvalue weighted by Gasteiger charge is -2.49. The summed E-state index contributed by atoms with van der Waals surface area (Å²) in [5.41, 5.74) is 4.48. The first kappa shape index (κ1) is 27.8. The highest BCUT2D eigenvalue weighted by Gasteiger charge is 2.62. The Bertz CT molecular complexity index is 1060. The van der Waals surface area contributed by atoms with Crippen LogP contribution < -0.4 is 0 Å². The van der Waals surface area contributed by atoms with Gasteiger partial charge >= 0.3 is 6.09 Å². The summed E-state index contributed by atoms with van der Waals surface area (Å²) in [6.45, 7) is 19.2. The molecule has 0 aromatic rings. The van der Waals surface area contributed by atoms with Crippen LogP contribution in [0.5, 0.6) is 0 Å². The van der Waals surface area contributed by atoms with Gasteiger partial charge in [0, 0.05) is 19.1 Å². The van der Waals surface area contributed by atoms with Gasteiger partial charge in [0.15, 0.2) is 0 Å². The van der Waals surface area contributed by atoms with Crippen LogP contribution in [-0.2, 0) is 14.2 Å². The van der Waals surface area contributed by atoms with Crippen LogP contribution in [0.25, 0.3) is 0 Å². The van der Waals surface area contributed by atoms with E-state index in [4.69, 9.17) is 14.2 Å². The summed E-state index contributed by atoms with van der Waals surface area (Å²) in [5.74, 6) is 2.88. The van der Waals surface area contributed by atoms with Crippen molar-refractivity contribution in [2.24, 2.45) is 35.0 Å². The highest BCUT2D eigenvalue weighted by molar-refractivity contribution is 5.69. The monoisotopic (exact) mass is 539 g/mol. The number of allylic oxidation sites excluding steroid dienone is 2. The molecule has 2 saturated heterocycles. The smallest absolute Gasteiger partial charge is 0.410 e. The number of ether oxygens (including phenoxy) is 3. The Morgan fingerprint density at radius 1 is 1.18 bits per heavy atom. The second-order valence-electron chi connectivity index (χ2n) is 15.3. The molecule has 0 bridgehead atoms. The molecular formula is C34H53NO4. The Kier molecular flexibility index (Phi) is 6.86. The maximum atomic E-state index is 13.4. The van der Waals surface area contributed by atoms with Crippen molar-refractivity contribution in [2.45, 2.75) is 136 Å². The van der Waals surface area contributed by atoms with Gasteiger partial charge in [-0.2, -0.15) is 0 Å². The van der Waals surface area contributed by atoms with Gasteiger partial charge in [-0.3, -0.25) is 0 Å². The second-order valence-corrected chi connectivity index (χ2v) is 15.3. The Labute approximate surface area is 237 Å². The van der Waals surface area contributed by atoms with E-state index >= 15 is 0 Å². The average molecular weight is 540 g/mol. The minimum atomic E-state index is -0.492. The molecule has 6 rings (SSSR count). The zero-order valence-corrected chi connectivity index (χ0v) is 25.8. The van der Waals surface area contributed by atoms with Crippen LogP contribution >= 0.6 is 0 Å². The van der Waals surface area contributed by atoms with Crippen LogP contribution in [0, 0.1) is 35.0 Å². The first-order valence-corrected chi connectivity index (χ1v) is 16.1. The van der Waals surface area contributed by atoms with Crippen molar-refractivity contribution < 1.29 is 19.0 Å². The molecule has 5 nitrogen and oxygen atoms in total. The lowest BCUT2D eigenvalue weighted by Crippen LogP contribution is -2.55. The van der Waals surface area contributed by atoms with Crippen molar-refractivity contribution in [3.8, 4) is 0 Å². The minimum Gasteiger partial charge on any atom is -0.444 e. The van der Waals surface area contributed by atoms with Crippen molar-refractivity contribution in [1.82, 2.24) is 4.90 Å². The number of nitrogens with zero attached hydrogens (tertiary/aromatic N) is 1. The molecule has 1 spiro atoms. The predicted molar refractivity (Wildman–Crippen MR) is 154 cm³/mol. The van der Waals surface area contributed by atoms with Gasteiger partial charge in [0.2, 0.25) is 0 Å². The molecule has 2 heterocycles. The van der Waals surface area contributed by atoms with E-state index in [1.807, 2.05) is 25.7 Å². The number of carbonyl (C=O) groups excluding carboxylic acids is 1. The van der Waals surface area contributed by atoms with Gasteiger partial charge in [-0.15, -0.1) is 0 Å². The van der Waals surface area contributed by atoms with Crippen LogP contribution in [0.2, 0.25) is 0 Å². The number of hydrogen-bond donors (Lipinski definition) is 0. The molecule has 6 aliphatic rings. The van der Waals surface area contributed by atoms with Gasteiger partial charge in [-0.1, -0.05) is 38.0 Å². The maximum Gasteiger partial charge on any atom is 0.410 e. The zero-order chi connectivity index (χ0) is 27.9. The van der Waals surface area contributed by atoms with Crippen molar-refractivity contribution >= 4 is 6.09 Å². The largest absolute Gasteiger partial charge is 0.444 e. The standard InChI is InChI=1S/C34H53NO4/c1-9-37-24-12-14-33(8)23(17-24)10-11-26-25-13-15-34(21(3)27(25)18-28(26)33)22(4)30-29(38-34)16-20(2)19-35(30)31(36)39-32(5,6)7/h10,20,22,24-26,28-30H,9,11-19H2,1-8H3. The van der Waals surface area contributed by atoms with Gasteiger partial charge in [0.25, 0.3) is 0 Å². The molecule has 39 heavy (non-hydrogen) atoms. The number of likely N-dealkylation sites (tertiary alicyclic amines) is 1. The zero-order valence-electron chi connectivity index (χ0n) is 25.8. The fourth-order valence-electron chi connectivity index (χ4n) is 10.2. The summed E-state index contributed by atoms with van der Waals surface area (Å²) in [4.78, 5) is 15.4. The molecule has 10 unspecified atom stereocenters. The molecule has 4 aliphatic carbocycles. The molecule has 0 aromatic heterocycles. The molecule has 4 fully saturated rings. The quantitative estimate of drug-likeness (QED) is 0.338. The maximum absolute atomic E-state index is 13.4. The normalized spacial score (nSPS) is 45.4. The number of piperidine rings is 1. The number of rotatable bonds is 2. The Hall–Kier alpha value is -1.33. The SMILES string of the molecule is CCOC1CCC2(C)C(=CCC3C4CCC5(OC6CC(C)CN(C(=O)OC(C)(C)C)C6C5C)C(C)=C4CC32)C1. The van der Waals surface area contributed by atoms with Gasteiger partial charge in [0.1, 0.15) is 5.60 Å². The fraction of sp³-hybridized carbons (Fsp3) is 0.853. The molecular weight excluding hydrogens is 486 g/mol. The highest BCUT2D eigenvalue weighted by atomic mass is 16.6. The van der Waals surface area contributed by atoms with Crippen LogP contribution in [0.3, 0.4) is 0 Å². The van der Waals surface area contributed by atoms with E-state index in [0.29, 0.717) is 23.4 Å². The summed E-state index contributed by atoms with van der Waals surface area (Å²) in [6.07, 6.45) is 12.3. The Morgan fingerprint density at radius 3 is 2.67 bits per heavy atom. The first-order chi connectivity index (χ1) is 18.4. The molecule has 0 aromatic carbocycles. The lowest BCUT2D eigenvalue weighted by molar-refractivity contribution is -0.0668. The van der Waals surface area contributed by atoms with E-state index in [2.05, 4.69) is 40.7 Å². The molecule has 218 valence electrons. The average Bonchev–Trinajstić information content (AvgIpc) is 3.37. The summed E-state index contributed by atoms with van der Waals surface area (Å²) in [7, 11) is 0. The topological polar surface area (TPSA) is 48.0 Å². The van der Waals surface area contributed by atoms with Gasteiger partial charge in [-0.05, 0) is 121 Å². The van der Waals surface area contributed by atoms with Gasteiger partial charge < -0.3 is 19.1 Å². The molecule has 10 atom stereocenters. The van der Waals surface area contributed by atoms with Gasteiger partial charge in [-0.25, -0.2) is 4.79 Å². The third kappa shape index (κ3) is 4.35. The summed E-state index contributed by atoms with van der Waals surface area (Å²) >= 11 is 0. The van der Waals surface area contributed by atoms with E-state index < -0.39 is 5.60 Å². The number of fused-ring (bicyclic) bond motifs is 6. The summed E-state index contributed by atoms with van der Waals surface area (Å²) in [6, 6.07) is 0.0893. The van der Waals surface area contributed by atoms with E-state index in [1.165, 1.54) is 37.7 Å². The molecule has 2 aliphatic heterocycles. The van der Waals surface area contributed by atoms with Crippen molar-refractivity contribution in [3.05, 3.63) is 22.8 Å². The van der Waals surface area contributed by atoms with Gasteiger partial charge in [0.05, 0.1) is 23.9 Å². The second kappa shape index (κ2) is 9.61. The van der Waals surface area contributed by atoms with E-state index in [1.54, 1.807) is 11.1 Å². The lowest BCUT2D eigenvalue weighted by atomic mass is 9.56. The van der Waals surface area contributed by atoms with Crippen LogP contribution in [0.15, 0.2) is 22.8 Å². The first-order valence-electron chi connectivity index (χ1n) is 16.1. The summed E-state index contributed by atoms with van der Waals surface area (Å²) in [5, 5.41) is 0. The number of hydrogen-bond acceptors (Lipinski definition) is 4. The molecule has 2 saturated carbocycles. The third-order valence-electron chi connectivity index (χ3n) is 12.0. The van der Waals surface area contributed by atoms with Crippen LogP contribution in [-0.4, -0.2) is 53.6 Å². The predicted octanol–water partition coefficient (Wildman–Crippen LogP) is 7.69. The number of amides is 1. The van der Waals surface area contributed by atoms with Crippen LogP contribution in [0.4, 0.5) is 4.79 Å². The molecule has 0 radical (unpaired) electrons. The number of carbonyl (C=O) groups is 1. The Morgan fingerprint density at radius 2 is 1.95 bits per heavy atom. The van der Waals surface area contributed by atoms with E-state index in [0.717, 1.165) is 44.2 Å². The Balaban J connectivity index is 1.28. The van der Waals surface area contributed by atoms with Crippen molar-refractivity contribution in [2.75, 3.05) is 13.2 Å². The van der Waals surface area contributed by atoms with E-state index in [9.17, 15) is 4.79 Å². The fourth-order valence-corrected chi connectivity index (χ4v) is 10.2. The third-order valence-corrected chi connectivity index (χ3v) is 12.0. The molecule has 0 N–H and O–H groups in total.